The third-order valence-electron chi connectivity index (χ3n) is 1.89. The monoisotopic (exact) mass is 312 g/mol. The van der Waals surface area contributed by atoms with Gasteiger partial charge in [-0.2, -0.15) is 0 Å². The molecule has 0 aromatic heterocycles. The van der Waals surface area contributed by atoms with Crippen LogP contribution in [-0.2, 0) is 4.79 Å². The van der Waals surface area contributed by atoms with Crippen molar-refractivity contribution in [1.29, 1.82) is 0 Å². The molecule has 0 heterocycles. The van der Waals surface area contributed by atoms with Crippen LogP contribution in [0.4, 0.5) is 13.2 Å². The van der Waals surface area contributed by atoms with E-state index in [1.807, 2.05) is 0 Å². The molecule has 0 aliphatic heterocycles. The highest BCUT2D eigenvalue weighted by Crippen LogP contribution is 2.28. The number of halogens is 4. The van der Waals surface area contributed by atoms with E-state index >= 15 is 0 Å². The SMILES string of the molecule is O=C(O)C(F)CCOc1c(F)ccc(Br)c1F. The van der Waals surface area contributed by atoms with Crippen LogP contribution in [0.25, 0.3) is 0 Å². The standard InChI is InChI=1S/C10H8BrF3O3/c11-5-1-2-6(12)9(8(5)14)17-4-3-7(13)10(15)16/h1-2,7H,3-4H2,(H,15,16). The number of hydrogen-bond acceptors (Lipinski definition) is 2. The predicted molar refractivity (Wildman–Crippen MR) is 56.7 cm³/mol. The van der Waals surface area contributed by atoms with Crippen molar-refractivity contribution in [3.8, 4) is 5.75 Å². The first kappa shape index (κ1) is 13.8. The Morgan fingerprint density at radius 1 is 1.47 bits per heavy atom. The fourth-order valence-corrected chi connectivity index (χ4v) is 1.34. The van der Waals surface area contributed by atoms with E-state index < -0.39 is 42.6 Å². The normalized spacial score (nSPS) is 12.2. The van der Waals surface area contributed by atoms with E-state index in [0.717, 1.165) is 12.1 Å². The summed E-state index contributed by atoms with van der Waals surface area (Å²) in [6.45, 7) is -0.433. The maximum Gasteiger partial charge on any atom is 0.338 e. The molecule has 1 atom stereocenters. The third kappa shape index (κ3) is 3.62. The van der Waals surface area contributed by atoms with Crippen LogP contribution in [0, 0.1) is 11.6 Å². The fraction of sp³-hybridized carbons (Fsp3) is 0.300. The van der Waals surface area contributed by atoms with Gasteiger partial charge in [0.25, 0.3) is 0 Å². The number of carbonyl (C=O) groups is 1. The van der Waals surface area contributed by atoms with Crippen molar-refractivity contribution >= 4 is 21.9 Å². The summed E-state index contributed by atoms with van der Waals surface area (Å²) < 4.78 is 43.8. The van der Waals surface area contributed by atoms with Gasteiger partial charge in [0, 0.05) is 6.42 Å². The third-order valence-corrected chi connectivity index (χ3v) is 2.50. The van der Waals surface area contributed by atoms with Crippen LogP contribution in [0.2, 0.25) is 0 Å². The molecule has 0 spiro atoms. The number of alkyl halides is 1. The van der Waals surface area contributed by atoms with Crippen LogP contribution in [0.1, 0.15) is 6.42 Å². The summed E-state index contributed by atoms with van der Waals surface area (Å²) in [5.41, 5.74) is 0. The number of rotatable bonds is 5. The molecule has 1 aromatic carbocycles. The maximum atomic E-state index is 13.3. The lowest BCUT2D eigenvalue weighted by molar-refractivity contribution is -0.143. The van der Waals surface area contributed by atoms with Crippen molar-refractivity contribution in [2.45, 2.75) is 12.6 Å². The summed E-state index contributed by atoms with van der Waals surface area (Å²) in [6.07, 6.45) is -2.60. The average Bonchev–Trinajstić information content (AvgIpc) is 2.28. The zero-order chi connectivity index (χ0) is 13.0. The molecule has 1 unspecified atom stereocenters. The van der Waals surface area contributed by atoms with Crippen LogP contribution in [0.15, 0.2) is 16.6 Å². The van der Waals surface area contributed by atoms with Crippen molar-refractivity contribution < 1.29 is 27.8 Å². The summed E-state index contributed by atoms with van der Waals surface area (Å²) in [6, 6.07) is 2.14. The molecule has 17 heavy (non-hydrogen) atoms. The van der Waals surface area contributed by atoms with E-state index in [1.54, 1.807) is 0 Å². The number of benzene rings is 1. The van der Waals surface area contributed by atoms with Crippen molar-refractivity contribution in [3.63, 3.8) is 0 Å². The molecule has 0 fully saturated rings. The summed E-state index contributed by atoms with van der Waals surface area (Å²) in [5.74, 6) is -4.17. The Morgan fingerprint density at radius 3 is 2.71 bits per heavy atom. The number of ether oxygens (including phenoxy) is 1. The molecule has 0 radical (unpaired) electrons. The fourth-order valence-electron chi connectivity index (χ4n) is 1.03. The Bertz CT molecular complexity index is 426. The number of hydrogen-bond donors (Lipinski definition) is 1. The van der Waals surface area contributed by atoms with E-state index in [4.69, 9.17) is 5.11 Å². The van der Waals surface area contributed by atoms with Crippen LogP contribution in [0.5, 0.6) is 5.75 Å². The first-order valence-electron chi connectivity index (χ1n) is 4.56. The van der Waals surface area contributed by atoms with Crippen molar-refractivity contribution in [2.75, 3.05) is 6.61 Å². The second-order valence-electron chi connectivity index (χ2n) is 3.12. The quantitative estimate of drug-likeness (QED) is 0.850. The lowest BCUT2D eigenvalue weighted by Gasteiger charge is -2.09. The van der Waals surface area contributed by atoms with Gasteiger partial charge < -0.3 is 9.84 Å². The molecule has 0 saturated heterocycles. The highest BCUT2D eigenvalue weighted by molar-refractivity contribution is 9.10. The van der Waals surface area contributed by atoms with E-state index in [-0.39, 0.29) is 4.47 Å². The van der Waals surface area contributed by atoms with Gasteiger partial charge in [-0.15, -0.1) is 0 Å². The van der Waals surface area contributed by atoms with Crippen molar-refractivity contribution in [2.24, 2.45) is 0 Å². The molecule has 0 aliphatic carbocycles. The Kier molecular flexibility index (Phi) is 4.80. The molecule has 0 aliphatic rings. The molecule has 7 heteroatoms. The average molecular weight is 313 g/mol. The number of carboxylic acids is 1. The Morgan fingerprint density at radius 2 is 2.12 bits per heavy atom. The summed E-state index contributed by atoms with van der Waals surface area (Å²) in [4.78, 5) is 10.1. The molecular weight excluding hydrogens is 305 g/mol. The minimum Gasteiger partial charge on any atom is -0.487 e. The number of carboxylic acid groups (broad SMARTS) is 1. The minimum absolute atomic E-state index is 0.00364. The van der Waals surface area contributed by atoms with Gasteiger partial charge in [-0.1, -0.05) is 0 Å². The van der Waals surface area contributed by atoms with Gasteiger partial charge in [-0.3, -0.25) is 0 Å². The van der Waals surface area contributed by atoms with Gasteiger partial charge in [0.15, 0.2) is 23.6 Å². The Balaban J connectivity index is 2.64. The van der Waals surface area contributed by atoms with Crippen LogP contribution < -0.4 is 4.74 Å². The Labute approximate surface area is 103 Å². The Hall–Kier alpha value is -1.24. The number of aliphatic carboxylic acids is 1. The lowest BCUT2D eigenvalue weighted by Crippen LogP contribution is -2.18. The molecule has 0 amide bonds. The smallest absolute Gasteiger partial charge is 0.338 e. The zero-order valence-electron chi connectivity index (χ0n) is 8.42. The molecule has 0 saturated carbocycles. The van der Waals surface area contributed by atoms with Gasteiger partial charge in [-0.05, 0) is 28.1 Å². The molecule has 1 rings (SSSR count). The van der Waals surface area contributed by atoms with Crippen LogP contribution in [-0.4, -0.2) is 23.9 Å². The van der Waals surface area contributed by atoms with E-state index in [1.165, 1.54) is 0 Å². The van der Waals surface area contributed by atoms with Crippen LogP contribution in [0.3, 0.4) is 0 Å². The van der Waals surface area contributed by atoms with Gasteiger partial charge in [0.05, 0.1) is 11.1 Å². The van der Waals surface area contributed by atoms with Gasteiger partial charge in [0.2, 0.25) is 0 Å². The van der Waals surface area contributed by atoms with Gasteiger partial charge >= 0.3 is 5.97 Å². The first-order chi connectivity index (χ1) is 7.93. The van der Waals surface area contributed by atoms with Crippen molar-refractivity contribution in [1.82, 2.24) is 0 Å². The van der Waals surface area contributed by atoms with E-state index in [2.05, 4.69) is 20.7 Å². The van der Waals surface area contributed by atoms with Crippen molar-refractivity contribution in [3.05, 3.63) is 28.2 Å². The lowest BCUT2D eigenvalue weighted by atomic mass is 10.3. The molecule has 94 valence electrons. The summed E-state index contributed by atoms with van der Waals surface area (Å²) in [7, 11) is 0. The highest BCUT2D eigenvalue weighted by atomic mass is 79.9. The molecule has 0 bridgehead atoms. The zero-order valence-corrected chi connectivity index (χ0v) is 10.0. The topological polar surface area (TPSA) is 46.5 Å². The van der Waals surface area contributed by atoms with E-state index in [0.29, 0.717) is 0 Å². The minimum atomic E-state index is -2.12. The van der Waals surface area contributed by atoms with Gasteiger partial charge in [-0.25, -0.2) is 18.0 Å². The molecular formula is C10H8BrF3O3. The van der Waals surface area contributed by atoms with E-state index in [9.17, 15) is 18.0 Å². The predicted octanol–water partition coefficient (Wildman–Crippen LogP) is 2.92. The maximum absolute atomic E-state index is 13.3. The van der Waals surface area contributed by atoms with Gasteiger partial charge in [0.1, 0.15) is 0 Å². The highest BCUT2D eigenvalue weighted by Gasteiger charge is 2.18. The second-order valence-corrected chi connectivity index (χ2v) is 3.97. The molecule has 1 N–H and O–H groups in total. The largest absolute Gasteiger partial charge is 0.487 e. The molecule has 3 nitrogen and oxygen atoms in total. The second kappa shape index (κ2) is 5.90. The molecule has 1 aromatic rings. The van der Waals surface area contributed by atoms with Crippen LogP contribution >= 0.6 is 15.9 Å². The summed E-state index contributed by atoms with van der Waals surface area (Å²) >= 11 is 2.83. The summed E-state index contributed by atoms with van der Waals surface area (Å²) in [5, 5.41) is 8.25. The first-order valence-corrected chi connectivity index (χ1v) is 5.36.